The maximum absolute atomic E-state index is 16.5. The molecule has 1 aromatic carbocycles. The molecule has 15 nitrogen and oxygen atoms in total. The third-order valence-electron chi connectivity index (χ3n) is 8.38. The van der Waals surface area contributed by atoms with E-state index in [-0.39, 0.29) is 41.5 Å². The van der Waals surface area contributed by atoms with Crippen molar-refractivity contribution >= 4 is 30.8 Å². The molecule has 6 rings (SSSR count). The predicted molar refractivity (Wildman–Crippen MR) is 156 cm³/mol. The Labute approximate surface area is 257 Å². The lowest BCUT2D eigenvalue weighted by molar-refractivity contribution is -0.178. The van der Waals surface area contributed by atoms with Gasteiger partial charge in [-0.25, -0.2) is 13.9 Å². The second-order valence-corrected chi connectivity index (χ2v) is 13.3. The molecular weight excluding hydrogens is 614 g/mol. The molecule has 0 bridgehead atoms. The quantitative estimate of drug-likeness (QED) is 0.174. The first-order valence-electron chi connectivity index (χ1n) is 14.8. The van der Waals surface area contributed by atoms with Crippen LogP contribution in [0.3, 0.4) is 0 Å². The SMILES string of the molecule is CCOc1nc(N)nc2c1ncn2[C@@H]1O[C@]2(F)C(OP(=O)(NC(C)C(=O)OC3CCCCC3)Oc3ccccc3)[C@]2(O)[C@@]1(C)O. The Morgan fingerprint density at radius 2 is 1.96 bits per heavy atom. The number of rotatable bonds is 11. The van der Waals surface area contributed by atoms with Crippen molar-refractivity contribution in [3.63, 3.8) is 0 Å². The normalized spacial score (nSPS) is 31.6. The molecule has 3 heterocycles. The average Bonchev–Trinajstić information content (AvgIpc) is 3.23. The largest absolute Gasteiger partial charge is 0.476 e. The first kappa shape index (κ1) is 31.6. The van der Waals surface area contributed by atoms with Gasteiger partial charge in [0, 0.05) is 0 Å². The van der Waals surface area contributed by atoms with Crippen molar-refractivity contribution in [3.8, 4) is 11.6 Å². The predicted octanol–water partition coefficient (Wildman–Crippen LogP) is 2.92. The number of imidazole rings is 1. The van der Waals surface area contributed by atoms with E-state index in [0.717, 1.165) is 39.0 Å². The number of aliphatic hydroxyl groups is 2. The first-order chi connectivity index (χ1) is 21.3. The van der Waals surface area contributed by atoms with Gasteiger partial charge in [-0.15, -0.1) is 0 Å². The van der Waals surface area contributed by atoms with Crippen LogP contribution in [0.2, 0.25) is 0 Å². The van der Waals surface area contributed by atoms with E-state index in [1.54, 1.807) is 25.1 Å². The molecule has 2 aliphatic carbocycles. The zero-order chi connectivity index (χ0) is 32.2. The number of hydrogen-bond donors (Lipinski definition) is 4. The fourth-order valence-electron chi connectivity index (χ4n) is 5.96. The molecule has 1 saturated heterocycles. The lowest BCUT2D eigenvalue weighted by Gasteiger charge is -2.33. The van der Waals surface area contributed by atoms with Crippen LogP contribution in [0.15, 0.2) is 36.7 Å². The molecule has 17 heteroatoms. The van der Waals surface area contributed by atoms with Gasteiger partial charge < -0.3 is 34.7 Å². The lowest BCUT2D eigenvalue weighted by atomic mass is 9.95. The Bertz CT molecular complexity index is 1620. The molecule has 1 aliphatic heterocycles. The fraction of sp³-hybridized carbons (Fsp3) is 0.571. The third kappa shape index (κ3) is 5.32. The molecule has 5 N–H and O–H groups in total. The molecule has 45 heavy (non-hydrogen) atoms. The highest BCUT2D eigenvalue weighted by molar-refractivity contribution is 7.52. The molecule has 0 radical (unpaired) electrons. The number of hydrogen-bond acceptors (Lipinski definition) is 13. The Kier molecular flexibility index (Phi) is 8.03. The van der Waals surface area contributed by atoms with Crippen molar-refractivity contribution in [2.75, 3.05) is 12.3 Å². The van der Waals surface area contributed by atoms with Crippen LogP contribution < -0.4 is 20.1 Å². The molecule has 3 aromatic rings. The number of carbonyl (C=O) groups excluding carboxylic acids is 1. The van der Waals surface area contributed by atoms with Crippen LogP contribution in [-0.2, 0) is 23.4 Å². The number of anilines is 1. The standard InChI is InChI=1S/C28H36FN6O9P/c1-4-40-21-19-20(32-25(30)33-21)35(15-31-19)24-26(3,37)27(38)23(28(27,29)42-24)44-45(39,43-18-13-9-6-10-14-18)34-16(2)22(36)41-17-11-7-5-8-12-17/h6,9-10,13-17,23-24,37-38H,4-5,7-8,11-12H2,1-3H3,(H,34,39)(H2,30,32,33)/t16?,23?,24-,26+,27+,28-,45?/m1/s1. The van der Waals surface area contributed by atoms with Gasteiger partial charge in [-0.3, -0.25) is 13.9 Å². The van der Waals surface area contributed by atoms with E-state index < -0.39 is 49.1 Å². The van der Waals surface area contributed by atoms with Crippen LogP contribution in [0.5, 0.6) is 11.6 Å². The maximum atomic E-state index is 16.5. The molecule has 0 spiro atoms. The summed E-state index contributed by atoms with van der Waals surface area (Å²) in [5.41, 5.74) is 0.891. The van der Waals surface area contributed by atoms with Crippen molar-refractivity contribution in [1.82, 2.24) is 24.6 Å². The van der Waals surface area contributed by atoms with Crippen LogP contribution in [0.1, 0.15) is 59.1 Å². The van der Waals surface area contributed by atoms with Gasteiger partial charge in [-0.05, 0) is 58.6 Å². The highest BCUT2D eigenvalue weighted by Gasteiger charge is 2.95. The van der Waals surface area contributed by atoms with Gasteiger partial charge in [0.05, 0.1) is 12.9 Å². The van der Waals surface area contributed by atoms with Crippen molar-refractivity contribution in [1.29, 1.82) is 0 Å². The van der Waals surface area contributed by atoms with Crippen LogP contribution in [0.25, 0.3) is 11.2 Å². The first-order valence-corrected chi connectivity index (χ1v) is 16.3. The zero-order valence-electron chi connectivity index (χ0n) is 25.0. The molecule has 3 aliphatic rings. The van der Waals surface area contributed by atoms with Crippen LogP contribution >= 0.6 is 7.75 Å². The molecule has 0 amide bonds. The number of nitrogens with two attached hydrogens (primary N) is 1. The minimum Gasteiger partial charge on any atom is -0.476 e. The summed E-state index contributed by atoms with van der Waals surface area (Å²) in [5.74, 6) is -3.80. The molecule has 2 aromatic heterocycles. The van der Waals surface area contributed by atoms with Crippen molar-refractivity contribution in [3.05, 3.63) is 36.7 Å². The van der Waals surface area contributed by atoms with Gasteiger partial charge in [-0.1, -0.05) is 24.6 Å². The molecule has 3 fully saturated rings. The number of halogens is 1. The van der Waals surface area contributed by atoms with E-state index in [1.165, 1.54) is 30.0 Å². The summed E-state index contributed by atoms with van der Waals surface area (Å²) in [7, 11) is -4.65. The summed E-state index contributed by atoms with van der Waals surface area (Å²) in [5, 5.41) is 25.7. The Hall–Kier alpha value is -3.40. The van der Waals surface area contributed by atoms with E-state index >= 15 is 4.39 Å². The van der Waals surface area contributed by atoms with Gasteiger partial charge in [0.2, 0.25) is 11.8 Å². The van der Waals surface area contributed by atoms with Crippen molar-refractivity contribution in [2.45, 2.75) is 94.4 Å². The Morgan fingerprint density at radius 3 is 2.60 bits per heavy atom. The number of nitrogen functional groups attached to an aromatic ring is 1. The Morgan fingerprint density at radius 1 is 1.24 bits per heavy atom. The number of aromatic nitrogens is 4. The van der Waals surface area contributed by atoms with Gasteiger partial charge in [-0.2, -0.15) is 15.1 Å². The van der Waals surface area contributed by atoms with Crippen LogP contribution in [0, 0.1) is 0 Å². The zero-order valence-corrected chi connectivity index (χ0v) is 25.9. The number of alkyl halides is 1. The van der Waals surface area contributed by atoms with Gasteiger partial charge in [0.25, 0.3) is 5.85 Å². The monoisotopic (exact) mass is 650 g/mol. The lowest BCUT2D eigenvalue weighted by Crippen LogP contribution is -2.49. The second-order valence-electron chi connectivity index (χ2n) is 11.6. The number of fused-ring (bicyclic) bond motifs is 2. The summed E-state index contributed by atoms with van der Waals surface area (Å²) in [6.45, 7) is 4.51. The van der Waals surface area contributed by atoms with Gasteiger partial charge in [0.1, 0.15) is 23.5 Å². The third-order valence-corrected chi connectivity index (χ3v) is 10.0. The van der Waals surface area contributed by atoms with E-state index in [2.05, 4.69) is 20.0 Å². The fourth-order valence-corrected chi connectivity index (χ4v) is 7.66. The highest BCUT2D eigenvalue weighted by Crippen LogP contribution is 2.72. The van der Waals surface area contributed by atoms with E-state index in [1.807, 2.05) is 0 Å². The van der Waals surface area contributed by atoms with Crippen LogP contribution in [0.4, 0.5) is 10.3 Å². The second kappa shape index (κ2) is 11.4. The van der Waals surface area contributed by atoms with Crippen molar-refractivity contribution in [2.24, 2.45) is 0 Å². The molecule has 3 unspecified atom stereocenters. The summed E-state index contributed by atoms with van der Waals surface area (Å²) in [6, 6.07) is 6.67. The number of ether oxygens (including phenoxy) is 3. The van der Waals surface area contributed by atoms with Crippen LogP contribution in [-0.4, -0.2) is 77.6 Å². The Balaban J connectivity index is 1.25. The topological polar surface area (TPSA) is 202 Å². The molecular formula is C28H36FN6O9P. The number of para-hydroxylation sites is 1. The summed E-state index contributed by atoms with van der Waals surface area (Å²) < 4.78 is 59.7. The minimum atomic E-state index is -4.65. The number of carbonyl (C=O) groups is 1. The van der Waals surface area contributed by atoms with E-state index in [0.29, 0.717) is 0 Å². The molecule has 244 valence electrons. The van der Waals surface area contributed by atoms with E-state index in [4.69, 9.17) is 29.0 Å². The highest BCUT2D eigenvalue weighted by atomic mass is 31.2. The smallest absolute Gasteiger partial charge is 0.460 e. The van der Waals surface area contributed by atoms with Gasteiger partial charge in [0.15, 0.2) is 29.1 Å². The summed E-state index contributed by atoms with van der Waals surface area (Å²) in [4.78, 5) is 25.2. The van der Waals surface area contributed by atoms with Crippen molar-refractivity contribution < 1.29 is 47.2 Å². The molecule has 7 atom stereocenters. The maximum Gasteiger partial charge on any atom is 0.460 e. The minimum absolute atomic E-state index is 0.0484. The summed E-state index contributed by atoms with van der Waals surface area (Å²) in [6.07, 6.45) is 1.70. The number of esters is 1. The summed E-state index contributed by atoms with van der Waals surface area (Å²) >= 11 is 0. The van der Waals surface area contributed by atoms with Gasteiger partial charge >= 0.3 is 13.7 Å². The molecule has 2 saturated carbocycles. The number of nitrogens with zero attached hydrogens (tertiary/aromatic N) is 4. The van der Waals surface area contributed by atoms with E-state index in [9.17, 15) is 19.6 Å². The number of nitrogens with one attached hydrogen (secondary N) is 1. The average molecular weight is 651 g/mol. The number of benzene rings is 1.